The second kappa shape index (κ2) is 8.98. The van der Waals surface area contributed by atoms with Crippen LogP contribution >= 0.6 is 0 Å². The van der Waals surface area contributed by atoms with Crippen molar-refractivity contribution < 1.29 is 17.6 Å². The lowest BCUT2D eigenvalue weighted by atomic mass is 9.90. The van der Waals surface area contributed by atoms with Crippen LogP contribution in [-0.4, -0.2) is 51.1 Å². The second-order valence-corrected chi connectivity index (χ2v) is 9.17. The average Bonchev–Trinajstić information content (AvgIpc) is 2.63. The zero-order chi connectivity index (χ0) is 20.1. The number of halogens is 1. The van der Waals surface area contributed by atoms with Crippen molar-refractivity contribution in [2.24, 2.45) is 17.6 Å². The number of carbonyl (C=O) groups excluding carboxylic acids is 1. The van der Waals surface area contributed by atoms with Crippen molar-refractivity contribution in [2.75, 3.05) is 19.6 Å². The van der Waals surface area contributed by atoms with Crippen LogP contribution in [0.2, 0.25) is 0 Å². The molecule has 28 heavy (non-hydrogen) atoms. The van der Waals surface area contributed by atoms with Crippen molar-refractivity contribution in [1.82, 2.24) is 9.62 Å². The minimum atomic E-state index is -3.53. The summed E-state index contributed by atoms with van der Waals surface area (Å²) < 4.78 is 40.8. The summed E-state index contributed by atoms with van der Waals surface area (Å²) in [5, 5.41) is 0. The Kier molecular flexibility index (Phi) is 6.64. The van der Waals surface area contributed by atoms with Gasteiger partial charge < -0.3 is 10.6 Å². The van der Waals surface area contributed by atoms with Gasteiger partial charge in [-0.25, -0.2) is 17.5 Å². The molecule has 152 valence electrons. The number of carbonyl (C=O) groups is 1. The lowest BCUT2D eigenvalue weighted by Crippen LogP contribution is -2.54. The van der Waals surface area contributed by atoms with Gasteiger partial charge in [-0.3, -0.25) is 4.79 Å². The monoisotopic (exact) mass is 407 g/mol. The number of amides is 1. The first-order valence-electron chi connectivity index (χ1n) is 9.42. The molecular weight excluding hydrogens is 381 g/mol. The van der Waals surface area contributed by atoms with Gasteiger partial charge in [-0.05, 0) is 18.6 Å². The highest BCUT2D eigenvalue weighted by atomic mass is 32.2. The number of nitrogens with zero attached hydrogens (tertiary/aromatic N) is 1. The first-order valence-corrected chi connectivity index (χ1v) is 10.9. The van der Waals surface area contributed by atoms with E-state index in [0.717, 1.165) is 0 Å². The van der Waals surface area contributed by atoms with Gasteiger partial charge in [0.25, 0.3) is 0 Å². The molecule has 1 fully saturated rings. The molecule has 3 rings (SSSR count). The van der Waals surface area contributed by atoms with Crippen LogP contribution in [0.5, 0.6) is 0 Å². The Morgan fingerprint density at radius 2 is 1.89 bits per heavy atom. The minimum Gasteiger partial charge on any atom is -0.342 e. The highest BCUT2D eigenvalue weighted by Crippen LogP contribution is 2.23. The van der Waals surface area contributed by atoms with Crippen LogP contribution in [0.1, 0.15) is 12.8 Å². The maximum atomic E-state index is 13.8. The van der Waals surface area contributed by atoms with E-state index in [4.69, 9.17) is 5.73 Å². The second-order valence-electron chi connectivity index (χ2n) is 7.41. The first-order chi connectivity index (χ1) is 13.3. The van der Waals surface area contributed by atoms with Gasteiger partial charge in [0, 0.05) is 43.9 Å². The number of nitrogens with two attached hydrogens (primary N) is 1. The van der Waals surface area contributed by atoms with Crippen LogP contribution in [0, 0.1) is 11.8 Å². The molecular formula is C20H26FN3O3S. The molecule has 1 saturated heterocycles. The van der Waals surface area contributed by atoms with E-state index >= 15 is 0 Å². The molecule has 6 nitrogen and oxygen atoms in total. The minimum absolute atomic E-state index is 0.0691. The molecule has 1 aromatic rings. The Labute approximate surface area is 165 Å². The summed E-state index contributed by atoms with van der Waals surface area (Å²) in [4.78, 5) is 14.2. The SMILES string of the molecule is N[C@@H](CC(=O)N1CC(CNS(=O)(=O)c2ccccc2)C1)CC1C=CC=CC1F. The molecule has 2 unspecified atom stereocenters. The number of alkyl halides is 1. The topological polar surface area (TPSA) is 92.5 Å². The molecule has 3 N–H and O–H groups in total. The highest BCUT2D eigenvalue weighted by Gasteiger charge is 2.32. The van der Waals surface area contributed by atoms with Gasteiger partial charge >= 0.3 is 0 Å². The fourth-order valence-corrected chi connectivity index (χ4v) is 4.57. The quantitative estimate of drug-likeness (QED) is 0.685. The predicted octanol–water partition coefficient (Wildman–Crippen LogP) is 1.61. The third-order valence-corrected chi connectivity index (χ3v) is 6.55. The number of allylic oxidation sites excluding steroid dienone is 4. The number of benzene rings is 1. The standard InChI is InChI=1S/C20H26FN3O3S/c21-19-9-5-4-6-16(19)10-17(22)11-20(25)24-13-15(14-24)12-23-28(26,27)18-7-2-1-3-8-18/h1-9,15-17,19,23H,10-14,22H2/t16?,17-,19?/m1/s1. The van der Waals surface area contributed by atoms with Crippen molar-refractivity contribution in [2.45, 2.75) is 30.0 Å². The van der Waals surface area contributed by atoms with Gasteiger partial charge in [0.15, 0.2) is 0 Å². The number of nitrogens with one attached hydrogen (secondary N) is 1. The molecule has 8 heteroatoms. The van der Waals surface area contributed by atoms with E-state index in [9.17, 15) is 17.6 Å². The van der Waals surface area contributed by atoms with Crippen LogP contribution in [0.3, 0.4) is 0 Å². The maximum Gasteiger partial charge on any atom is 0.240 e. The summed E-state index contributed by atoms with van der Waals surface area (Å²) in [6.07, 6.45) is 6.28. The molecule has 1 aliphatic heterocycles. The van der Waals surface area contributed by atoms with Gasteiger partial charge in [-0.15, -0.1) is 0 Å². The Bertz CT molecular complexity index is 836. The number of likely N-dealkylation sites (tertiary alicyclic amines) is 1. The zero-order valence-corrected chi connectivity index (χ0v) is 16.4. The molecule has 1 aromatic carbocycles. The molecule has 0 spiro atoms. The van der Waals surface area contributed by atoms with Crippen molar-refractivity contribution in [3.05, 3.63) is 54.6 Å². The molecule has 0 saturated carbocycles. The van der Waals surface area contributed by atoms with Gasteiger partial charge in [0.05, 0.1) is 4.90 Å². The van der Waals surface area contributed by atoms with Crippen LogP contribution in [-0.2, 0) is 14.8 Å². The molecule has 2 aliphatic rings. The van der Waals surface area contributed by atoms with Crippen molar-refractivity contribution in [3.8, 4) is 0 Å². The van der Waals surface area contributed by atoms with Crippen LogP contribution in [0.4, 0.5) is 4.39 Å². The fraction of sp³-hybridized carbons (Fsp3) is 0.450. The summed E-state index contributed by atoms with van der Waals surface area (Å²) in [5.41, 5.74) is 6.04. The Morgan fingerprint density at radius 1 is 1.21 bits per heavy atom. The van der Waals surface area contributed by atoms with E-state index in [1.807, 2.05) is 0 Å². The third kappa shape index (κ3) is 5.27. The molecule has 0 radical (unpaired) electrons. The molecule has 1 aliphatic carbocycles. The van der Waals surface area contributed by atoms with E-state index in [1.165, 1.54) is 6.08 Å². The van der Waals surface area contributed by atoms with Crippen molar-refractivity contribution in [3.63, 3.8) is 0 Å². The van der Waals surface area contributed by atoms with Crippen LogP contribution in [0.15, 0.2) is 59.5 Å². The fourth-order valence-electron chi connectivity index (χ4n) is 3.43. The summed E-state index contributed by atoms with van der Waals surface area (Å²) in [5.74, 6) is -0.273. The van der Waals surface area contributed by atoms with Gasteiger partial charge in [0.2, 0.25) is 15.9 Å². The maximum absolute atomic E-state index is 13.8. The first kappa shape index (κ1) is 20.7. The summed E-state index contributed by atoms with van der Waals surface area (Å²) in [6, 6.07) is 7.79. The van der Waals surface area contributed by atoms with Gasteiger partial charge in [-0.2, -0.15) is 0 Å². The summed E-state index contributed by atoms with van der Waals surface area (Å²) in [6.45, 7) is 1.29. The lowest BCUT2D eigenvalue weighted by Gasteiger charge is -2.40. The van der Waals surface area contributed by atoms with Gasteiger partial charge in [0.1, 0.15) is 6.17 Å². The predicted molar refractivity (Wildman–Crippen MR) is 106 cm³/mol. The molecule has 3 atom stereocenters. The average molecular weight is 408 g/mol. The normalized spacial score (nSPS) is 23.4. The molecule has 1 heterocycles. The summed E-state index contributed by atoms with van der Waals surface area (Å²) >= 11 is 0. The Morgan fingerprint density at radius 3 is 2.57 bits per heavy atom. The Hall–Kier alpha value is -2.03. The number of rotatable bonds is 8. The van der Waals surface area contributed by atoms with E-state index in [2.05, 4.69) is 4.72 Å². The van der Waals surface area contributed by atoms with Crippen molar-refractivity contribution >= 4 is 15.9 Å². The molecule has 0 bridgehead atoms. The van der Waals surface area contributed by atoms with Crippen molar-refractivity contribution in [1.29, 1.82) is 0 Å². The third-order valence-electron chi connectivity index (χ3n) is 5.11. The molecule has 0 aromatic heterocycles. The Balaban J connectivity index is 1.38. The summed E-state index contributed by atoms with van der Waals surface area (Å²) in [7, 11) is -3.53. The molecule has 1 amide bonds. The van der Waals surface area contributed by atoms with E-state index in [1.54, 1.807) is 53.5 Å². The van der Waals surface area contributed by atoms with Crippen LogP contribution < -0.4 is 10.5 Å². The largest absolute Gasteiger partial charge is 0.342 e. The zero-order valence-electron chi connectivity index (χ0n) is 15.6. The number of sulfonamides is 1. The van der Waals surface area contributed by atoms with Gasteiger partial charge in [-0.1, -0.05) is 42.5 Å². The van der Waals surface area contributed by atoms with E-state index in [-0.39, 0.29) is 35.6 Å². The smallest absolute Gasteiger partial charge is 0.240 e. The highest BCUT2D eigenvalue weighted by molar-refractivity contribution is 7.89. The van der Waals surface area contributed by atoms with E-state index < -0.39 is 22.2 Å². The van der Waals surface area contributed by atoms with E-state index in [0.29, 0.717) is 19.5 Å². The number of hydrogen-bond acceptors (Lipinski definition) is 4. The number of hydrogen-bond donors (Lipinski definition) is 2. The lowest BCUT2D eigenvalue weighted by molar-refractivity contribution is -0.137. The van der Waals surface area contributed by atoms with Crippen LogP contribution in [0.25, 0.3) is 0 Å².